The monoisotopic (exact) mass is 621 g/mol. The van der Waals surface area contributed by atoms with E-state index >= 15 is 0 Å². The Labute approximate surface area is 246 Å². The second-order valence-electron chi connectivity index (χ2n) is 10.3. The molecule has 5 N–H and O–H groups in total. The van der Waals surface area contributed by atoms with E-state index in [4.69, 9.17) is 0 Å². The maximum absolute atomic E-state index is 13.7. The molecular weight excluding hydrogens is 593 g/mol. The van der Waals surface area contributed by atoms with Gasteiger partial charge in [0.25, 0.3) is 12.3 Å². The fraction of sp³-hybridized carbons (Fsp3) is 0.370. The van der Waals surface area contributed by atoms with Gasteiger partial charge in [-0.1, -0.05) is 6.92 Å². The second-order valence-corrected chi connectivity index (χ2v) is 10.3. The number of halogens is 5. The minimum atomic E-state index is -4.90. The van der Waals surface area contributed by atoms with E-state index in [9.17, 15) is 36.6 Å². The normalized spacial score (nSPS) is 14.5. The molecule has 44 heavy (non-hydrogen) atoms. The largest absolute Gasteiger partial charge is 0.435 e. The molecule has 12 nitrogen and oxygen atoms in total. The molecular formula is C27H28F5N9O3. The number of β-amino-alcohol motifs (C(OH)–C–C–N with tert-alkyl or cyclic N) is 1. The highest BCUT2D eigenvalue weighted by Crippen LogP contribution is 2.37. The average Bonchev–Trinajstić information content (AvgIpc) is 3.58. The molecule has 0 radical (unpaired) electrons. The van der Waals surface area contributed by atoms with Crippen molar-refractivity contribution in [2.24, 2.45) is 0 Å². The van der Waals surface area contributed by atoms with E-state index in [0.717, 1.165) is 6.20 Å². The lowest BCUT2D eigenvalue weighted by atomic mass is 9.97. The van der Waals surface area contributed by atoms with E-state index in [0.29, 0.717) is 41.0 Å². The van der Waals surface area contributed by atoms with Gasteiger partial charge in [0.05, 0.1) is 24.0 Å². The molecule has 5 rings (SSSR count). The summed E-state index contributed by atoms with van der Waals surface area (Å²) in [5, 5.41) is 24.5. The first-order chi connectivity index (χ1) is 20.9. The van der Waals surface area contributed by atoms with Gasteiger partial charge in [-0.15, -0.1) is 0 Å². The van der Waals surface area contributed by atoms with Crippen LogP contribution in [0.2, 0.25) is 0 Å². The molecule has 1 aliphatic heterocycles. The maximum Gasteiger partial charge on any atom is 0.435 e. The summed E-state index contributed by atoms with van der Waals surface area (Å²) in [5.41, 5.74) is -1.12. The number of aliphatic hydroxyl groups is 1. The molecule has 234 valence electrons. The third kappa shape index (κ3) is 6.62. The molecule has 4 heterocycles. The van der Waals surface area contributed by atoms with Gasteiger partial charge in [0, 0.05) is 49.5 Å². The van der Waals surface area contributed by atoms with Gasteiger partial charge < -0.3 is 26.4 Å². The van der Waals surface area contributed by atoms with E-state index in [1.807, 2.05) is 6.92 Å². The standard InChI is InChI=1S/C27H28F5N9O3/c1-2-15-7-16(3-4-17(15)25(43)36-9-21(42)37-14-26(44)12-33-13-26)38-23-24-35-8-19(41(24)6-5-34-23)18-10-40(11-20(28)29)39-22(18)27(30,31)32/h3-8,10,20,33,44H,2,9,11-14H2,1H3,(H,34,38)(H,36,43)(H,37,42). The molecule has 1 aromatic carbocycles. The Morgan fingerprint density at radius 3 is 2.61 bits per heavy atom. The highest BCUT2D eigenvalue weighted by Gasteiger charge is 2.39. The Kier molecular flexibility index (Phi) is 8.51. The van der Waals surface area contributed by atoms with Gasteiger partial charge in [0.15, 0.2) is 17.2 Å². The van der Waals surface area contributed by atoms with Crippen LogP contribution in [0.3, 0.4) is 0 Å². The third-order valence-electron chi connectivity index (χ3n) is 6.98. The van der Waals surface area contributed by atoms with Crippen LogP contribution in [0.25, 0.3) is 16.9 Å². The molecule has 1 aliphatic rings. The summed E-state index contributed by atoms with van der Waals surface area (Å²) in [6.45, 7) is 1.37. The number of aryl methyl sites for hydroxylation is 1. The van der Waals surface area contributed by atoms with E-state index in [1.165, 1.54) is 23.0 Å². The molecule has 3 aromatic heterocycles. The summed E-state index contributed by atoms with van der Waals surface area (Å²) in [5.74, 6) is -0.734. The van der Waals surface area contributed by atoms with Crippen LogP contribution in [0.5, 0.6) is 0 Å². The Morgan fingerprint density at radius 2 is 1.95 bits per heavy atom. The summed E-state index contributed by atoms with van der Waals surface area (Å²) < 4.78 is 68.8. The lowest BCUT2D eigenvalue weighted by Crippen LogP contribution is -2.64. The zero-order valence-electron chi connectivity index (χ0n) is 23.3. The molecule has 1 saturated heterocycles. The highest BCUT2D eigenvalue weighted by molar-refractivity contribution is 5.98. The summed E-state index contributed by atoms with van der Waals surface area (Å²) in [4.78, 5) is 33.4. The van der Waals surface area contributed by atoms with Crippen LogP contribution in [-0.2, 0) is 23.9 Å². The number of hydrogen-bond acceptors (Lipinski definition) is 8. The van der Waals surface area contributed by atoms with Gasteiger partial charge in [-0.25, -0.2) is 18.7 Å². The lowest BCUT2D eigenvalue weighted by Gasteiger charge is -2.37. The van der Waals surface area contributed by atoms with Crippen molar-refractivity contribution < 1.29 is 36.6 Å². The molecule has 0 atom stereocenters. The van der Waals surface area contributed by atoms with Crippen LogP contribution in [0.1, 0.15) is 28.5 Å². The Bertz CT molecular complexity index is 1680. The Morgan fingerprint density at radius 1 is 1.18 bits per heavy atom. The van der Waals surface area contributed by atoms with Crippen molar-refractivity contribution in [2.75, 3.05) is 31.5 Å². The first-order valence-electron chi connectivity index (χ1n) is 13.5. The summed E-state index contributed by atoms with van der Waals surface area (Å²) in [7, 11) is 0. The molecule has 0 spiro atoms. The van der Waals surface area contributed by atoms with Gasteiger partial charge in [-0.05, 0) is 30.2 Å². The number of aromatic nitrogens is 5. The quantitative estimate of drug-likeness (QED) is 0.160. The number of alkyl halides is 5. The zero-order chi connectivity index (χ0) is 31.6. The Balaban J connectivity index is 1.33. The molecule has 0 aliphatic carbocycles. The maximum atomic E-state index is 13.7. The second kappa shape index (κ2) is 12.2. The number of rotatable bonds is 11. The number of imidazole rings is 1. The lowest BCUT2D eigenvalue weighted by molar-refractivity contribution is -0.141. The van der Waals surface area contributed by atoms with E-state index in [-0.39, 0.29) is 30.2 Å². The van der Waals surface area contributed by atoms with Crippen LogP contribution < -0.4 is 21.3 Å². The minimum absolute atomic E-state index is 0.0258. The number of carbonyl (C=O) groups excluding carboxylic acids is 2. The number of fused-ring (bicyclic) bond motifs is 1. The fourth-order valence-corrected chi connectivity index (χ4v) is 4.70. The smallest absolute Gasteiger partial charge is 0.385 e. The van der Waals surface area contributed by atoms with E-state index in [2.05, 4.69) is 36.3 Å². The van der Waals surface area contributed by atoms with Crippen molar-refractivity contribution in [1.82, 2.24) is 40.1 Å². The van der Waals surface area contributed by atoms with Crippen molar-refractivity contribution >= 4 is 29.0 Å². The molecule has 2 amide bonds. The third-order valence-corrected chi connectivity index (χ3v) is 6.98. The number of amides is 2. The topological polar surface area (TPSA) is 150 Å². The number of nitrogens with zero attached hydrogens (tertiary/aromatic N) is 5. The van der Waals surface area contributed by atoms with Gasteiger partial charge in [0.1, 0.15) is 12.1 Å². The van der Waals surface area contributed by atoms with Crippen molar-refractivity contribution in [1.29, 1.82) is 0 Å². The number of anilines is 2. The predicted octanol–water partition coefficient (Wildman–Crippen LogP) is 2.36. The number of carbonyl (C=O) groups is 2. The van der Waals surface area contributed by atoms with Crippen molar-refractivity contribution in [2.45, 2.75) is 38.1 Å². The van der Waals surface area contributed by atoms with Gasteiger partial charge in [0.2, 0.25) is 5.91 Å². The van der Waals surface area contributed by atoms with Crippen LogP contribution >= 0.6 is 0 Å². The molecule has 4 aromatic rings. The molecule has 17 heteroatoms. The summed E-state index contributed by atoms with van der Waals surface area (Å²) in [6.07, 6.45) is -2.54. The summed E-state index contributed by atoms with van der Waals surface area (Å²) >= 11 is 0. The zero-order valence-corrected chi connectivity index (χ0v) is 23.3. The molecule has 0 bridgehead atoms. The fourth-order valence-electron chi connectivity index (χ4n) is 4.70. The van der Waals surface area contributed by atoms with E-state index < -0.39 is 47.8 Å². The molecule has 0 saturated carbocycles. The molecule has 1 fully saturated rings. The van der Waals surface area contributed by atoms with Gasteiger partial charge in [-0.2, -0.15) is 18.3 Å². The Hall–Kier alpha value is -4.64. The van der Waals surface area contributed by atoms with Crippen LogP contribution in [0.15, 0.2) is 43.0 Å². The molecule has 0 unspecified atom stereocenters. The minimum Gasteiger partial charge on any atom is -0.385 e. The predicted molar refractivity (Wildman–Crippen MR) is 147 cm³/mol. The average molecular weight is 622 g/mol. The van der Waals surface area contributed by atoms with Crippen LogP contribution in [0.4, 0.5) is 33.5 Å². The highest BCUT2D eigenvalue weighted by atomic mass is 19.4. The van der Waals surface area contributed by atoms with Crippen molar-refractivity contribution in [3.05, 3.63) is 59.8 Å². The first-order valence-corrected chi connectivity index (χ1v) is 13.5. The van der Waals surface area contributed by atoms with Gasteiger partial charge >= 0.3 is 6.18 Å². The number of benzene rings is 1. The summed E-state index contributed by atoms with van der Waals surface area (Å²) in [6, 6.07) is 4.85. The van der Waals surface area contributed by atoms with Crippen molar-refractivity contribution in [3.8, 4) is 11.3 Å². The van der Waals surface area contributed by atoms with Crippen molar-refractivity contribution in [3.63, 3.8) is 0 Å². The number of hydrogen-bond donors (Lipinski definition) is 5. The van der Waals surface area contributed by atoms with Crippen LogP contribution in [0, 0.1) is 0 Å². The van der Waals surface area contributed by atoms with Crippen LogP contribution in [-0.4, -0.2) is 79.3 Å². The van der Waals surface area contributed by atoms with Gasteiger partial charge in [-0.3, -0.25) is 18.7 Å². The first kappa shape index (κ1) is 30.8. The SMILES string of the molecule is CCc1cc(Nc2nccn3c(-c4cn(CC(F)F)nc4C(F)(F)F)cnc23)ccc1C(=O)NCC(=O)NCC1(O)CNC1. The number of nitrogens with one attached hydrogen (secondary N) is 4. The van der Waals surface area contributed by atoms with E-state index in [1.54, 1.807) is 18.2 Å².